The van der Waals surface area contributed by atoms with Crippen LogP contribution in [0, 0.1) is 0 Å². The Bertz CT molecular complexity index is 1390. The Morgan fingerprint density at radius 1 is 1.08 bits per heavy atom. The maximum Gasteiger partial charge on any atom is 0.419 e. The molecule has 3 N–H and O–H groups in total. The molecule has 3 aromatic rings. The minimum Gasteiger partial charge on any atom is -0.457 e. The summed E-state index contributed by atoms with van der Waals surface area (Å²) in [5, 5.41) is 8.01. The summed E-state index contributed by atoms with van der Waals surface area (Å²) in [6, 6.07) is 11.1. The summed E-state index contributed by atoms with van der Waals surface area (Å²) in [4.78, 5) is 28.5. The summed E-state index contributed by atoms with van der Waals surface area (Å²) < 4.78 is 47.0. The Labute approximate surface area is 222 Å². The van der Waals surface area contributed by atoms with Crippen LogP contribution in [0.1, 0.15) is 34.2 Å². The molecule has 0 radical (unpaired) electrons. The average Bonchev–Trinajstić information content (AvgIpc) is 3.33. The molecular weight excluding hydrogens is 513 g/mol. The van der Waals surface area contributed by atoms with Crippen LogP contribution in [0.5, 0.6) is 11.5 Å². The minimum atomic E-state index is -4.56. The van der Waals surface area contributed by atoms with Crippen molar-refractivity contribution >= 4 is 17.5 Å². The third-order valence-electron chi connectivity index (χ3n) is 6.92. The van der Waals surface area contributed by atoms with Crippen molar-refractivity contribution in [2.24, 2.45) is 5.73 Å². The molecular formula is C27H27F3N6O3. The first-order valence-electron chi connectivity index (χ1n) is 12.4. The van der Waals surface area contributed by atoms with Gasteiger partial charge in [0, 0.05) is 32.7 Å². The van der Waals surface area contributed by atoms with E-state index in [1.165, 1.54) is 41.1 Å². The summed E-state index contributed by atoms with van der Waals surface area (Å²) in [5.41, 5.74) is 6.80. The molecule has 39 heavy (non-hydrogen) atoms. The van der Waals surface area contributed by atoms with Gasteiger partial charge in [-0.1, -0.05) is 18.7 Å². The second-order valence-corrected chi connectivity index (χ2v) is 9.27. The van der Waals surface area contributed by atoms with E-state index in [0.717, 1.165) is 12.5 Å². The summed E-state index contributed by atoms with van der Waals surface area (Å²) in [6.45, 7) is 6.58. The molecule has 2 aliphatic rings. The van der Waals surface area contributed by atoms with E-state index in [4.69, 9.17) is 15.6 Å². The van der Waals surface area contributed by atoms with E-state index in [9.17, 15) is 22.8 Å². The number of para-hydroxylation sites is 1. The zero-order valence-corrected chi connectivity index (χ0v) is 20.9. The van der Waals surface area contributed by atoms with Crippen LogP contribution in [0.2, 0.25) is 0 Å². The number of alkyl halides is 3. The number of nitrogens with zero attached hydrogens (tertiary/aromatic N) is 4. The summed E-state index contributed by atoms with van der Waals surface area (Å²) in [5.74, 6) is -0.893. The van der Waals surface area contributed by atoms with E-state index in [-0.39, 0.29) is 29.1 Å². The molecule has 0 aliphatic carbocycles. The maximum absolute atomic E-state index is 13.3. The lowest BCUT2D eigenvalue weighted by Gasteiger charge is -2.40. The van der Waals surface area contributed by atoms with Gasteiger partial charge in [-0.25, -0.2) is 4.68 Å². The zero-order chi connectivity index (χ0) is 27.7. The van der Waals surface area contributed by atoms with Gasteiger partial charge in [0.05, 0.1) is 23.0 Å². The number of nitrogens with one attached hydrogen (secondary N) is 1. The van der Waals surface area contributed by atoms with Crippen LogP contribution >= 0.6 is 0 Å². The average molecular weight is 541 g/mol. The van der Waals surface area contributed by atoms with Crippen LogP contribution in [0.3, 0.4) is 0 Å². The van der Waals surface area contributed by atoms with Gasteiger partial charge < -0.3 is 20.7 Å². The largest absolute Gasteiger partial charge is 0.457 e. The number of nitrogens with two attached hydrogens (primary N) is 1. The lowest BCUT2D eigenvalue weighted by Crippen LogP contribution is -2.50. The fourth-order valence-corrected chi connectivity index (χ4v) is 5.04. The second kappa shape index (κ2) is 10.4. The highest BCUT2D eigenvalue weighted by molar-refractivity contribution is 5.98. The number of benzene rings is 2. The molecule has 1 fully saturated rings. The fourth-order valence-electron chi connectivity index (χ4n) is 5.04. The number of halogens is 3. The van der Waals surface area contributed by atoms with Crippen molar-refractivity contribution in [3.05, 3.63) is 78.1 Å². The molecule has 12 heteroatoms. The van der Waals surface area contributed by atoms with E-state index in [1.807, 2.05) is 0 Å². The highest BCUT2D eigenvalue weighted by Gasteiger charge is 2.36. The van der Waals surface area contributed by atoms with E-state index in [1.54, 1.807) is 17.0 Å². The van der Waals surface area contributed by atoms with Crippen molar-refractivity contribution in [2.45, 2.75) is 18.6 Å². The molecule has 0 saturated carbocycles. The van der Waals surface area contributed by atoms with Crippen LogP contribution in [0.15, 0.2) is 61.2 Å². The normalized spacial score (nSPS) is 17.7. The number of aromatic nitrogens is 2. The van der Waals surface area contributed by atoms with Crippen LogP contribution in [0.25, 0.3) is 5.69 Å². The van der Waals surface area contributed by atoms with Crippen LogP contribution in [-0.4, -0.2) is 64.1 Å². The van der Waals surface area contributed by atoms with Gasteiger partial charge in [0.25, 0.3) is 5.91 Å². The first kappa shape index (κ1) is 26.3. The molecule has 9 nitrogen and oxygen atoms in total. The van der Waals surface area contributed by atoms with E-state index >= 15 is 0 Å². The molecule has 1 aromatic heterocycles. The van der Waals surface area contributed by atoms with E-state index < -0.39 is 17.6 Å². The van der Waals surface area contributed by atoms with Gasteiger partial charge in [-0.05, 0) is 48.9 Å². The number of fused-ring (bicyclic) bond motifs is 1. The van der Waals surface area contributed by atoms with E-state index in [0.29, 0.717) is 49.8 Å². The molecule has 2 amide bonds. The second-order valence-electron chi connectivity index (χ2n) is 9.27. The number of amides is 2. The van der Waals surface area contributed by atoms with Crippen molar-refractivity contribution in [1.82, 2.24) is 19.6 Å². The van der Waals surface area contributed by atoms with Crippen molar-refractivity contribution in [3.8, 4) is 17.2 Å². The standard InChI is InChI=1S/C27H27F3N6O3/c1-2-22(37)35-15-13-34(14-16-35)20-11-12-32-24-23(20)33-36(25(24)26(31)38)17-7-9-18(10-8-17)39-21-6-4-3-5-19(21)27(28,29)30/h2-10,20,32H,1,11-16H2,(H2,31,38)/t20-/m1/s1. The number of hydrogen-bond donors (Lipinski definition) is 2. The van der Waals surface area contributed by atoms with E-state index in [2.05, 4.69) is 16.8 Å². The topological polar surface area (TPSA) is 106 Å². The lowest BCUT2D eigenvalue weighted by atomic mass is 10.0. The predicted molar refractivity (Wildman–Crippen MR) is 138 cm³/mol. The third kappa shape index (κ3) is 5.19. The molecule has 0 spiro atoms. The SMILES string of the molecule is C=CC(=O)N1CCN([C@@H]2CCNc3c2nn(-c2ccc(Oc4ccccc4C(F)(F)F)cc2)c3C(N)=O)CC1. The molecule has 2 aliphatic heterocycles. The quantitative estimate of drug-likeness (QED) is 0.459. The van der Waals surface area contributed by atoms with Crippen molar-refractivity contribution in [3.63, 3.8) is 0 Å². The molecule has 3 heterocycles. The smallest absolute Gasteiger partial charge is 0.419 e. The number of piperazine rings is 1. The number of primary amides is 1. The van der Waals surface area contributed by atoms with Crippen LogP contribution in [0.4, 0.5) is 18.9 Å². The number of carbonyl (C=O) groups excluding carboxylic acids is 2. The van der Waals surface area contributed by atoms with Gasteiger partial charge in [0.1, 0.15) is 17.2 Å². The Morgan fingerprint density at radius 2 is 1.77 bits per heavy atom. The number of ether oxygens (including phenoxy) is 1. The molecule has 0 bridgehead atoms. The number of hydrogen-bond acceptors (Lipinski definition) is 6. The number of anilines is 1. The molecule has 204 valence electrons. The number of carbonyl (C=O) groups is 2. The van der Waals surface area contributed by atoms with Crippen molar-refractivity contribution < 1.29 is 27.5 Å². The van der Waals surface area contributed by atoms with Crippen LogP contribution in [-0.2, 0) is 11.0 Å². The van der Waals surface area contributed by atoms with Crippen molar-refractivity contribution in [2.75, 3.05) is 38.0 Å². The maximum atomic E-state index is 13.3. The first-order chi connectivity index (χ1) is 18.7. The first-order valence-corrected chi connectivity index (χ1v) is 12.4. The molecule has 5 rings (SSSR count). The highest BCUT2D eigenvalue weighted by Crippen LogP contribution is 2.39. The fraction of sp³-hybridized carbons (Fsp3) is 0.296. The number of rotatable bonds is 6. The summed E-state index contributed by atoms with van der Waals surface area (Å²) in [7, 11) is 0. The van der Waals surface area contributed by atoms with Gasteiger partial charge in [-0.3, -0.25) is 14.5 Å². The monoisotopic (exact) mass is 540 g/mol. The Hall–Kier alpha value is -4.32. The zero-order valence-electron chi connectivity index (χ0n) is 20.9. The van der Waals surface area contributed by atoms with Gasteiger partial charge in [-0.2, -0.15) is 18.3 Å². The lowest BCUT2D eigenvalue weighted by molar-refractivity contribution is -0.138. The van der Waals surface area contributed by atoms with Crippen molar-refractivity contribution in [1.29, 1.82) is 0 Å². The Morgan fingerprint density at radius 3 is 2.41 bits per heavy atom. The third-order valence-corrected chi connectivity index (χ3v) is 6.92. The predicted octanol–water partition coefficient (Wildman–Crippen LogP) is 3.97. The summed E-state index contributed by atoms with van der Waals surface area (Å²) in [6.07, 6.45) is -2.49. The minimum absolute atomic E-state index is 0.0805. The van der Waals surface area contributed by atoms with Gasteiger partial charge in [0.15, 0.2) is 5.69 Å². The van der Waals surface area contributed by atoms with Gasteiger partial charge in [0.2, 0.25) is 5.91 Å². The molecule has 1 saturated heterocycles. The van der Waals surface area contributed by atoms with Gasteiger partial charge >= 0.3 is 6.18 Å². The molecule has 2 aromatic carbocycles. The molecule has 0 unspecified atom stereocenters. The molecule has 1 atom stereocenters. The summed E-state index contributed by atoms with van der Waals surface area (Å²) >= 11 is 0. The van der Waals surface area contributed by atoms with Gasteiger partial charge in [-0.15, -0.1) is 0 Å². The Balaban J connectivity index is 1.41. The van der Waals surface area contributed by atoms with Crippen LogP contribution < -0.4 is 15.8 Å². The highest BCUT2D eigenvalue weighted by atomic mass is 19.4. The Kier molecular flexibility index (Phi) is 7.04.